The SMILES string of the molecule is CCOc1ccccc1C(=O)NCC(=O)OCc1cc(=O)n2c(C)cccc2n1. The molecule has 2 heterocycles. The van der Waals surface area contributed by atoms with E-state index in [1.54, 1.807) is 36.4 Å². The number of ether oxygens (including phenoxy) is 2. The molecule has 2 aromatic heterocycles. The van der Waals surface area contributed by atoms with E-state index in [1.165, 1.54) is 10.5 Å². The minimum absolute atomic E-state index is 0.163. The molecule has 8 heteroatoms. The van der Waals surface area contributed by atoms with E-state index in [0.717, 1.165) is 5.69 Å². The number of hydrogen-bond acceptors (Lipinski definition) is 6. The number of carbonyl (C=O) groups excluding carboxylic acids is 2. The molecule has 0 atom stereocenters. The molecule has 1 aromatic carbocycles. The second-order valence-electron chi connectivity index (χ2n) is 6.22. The highest BCUT2D eigenvalue weighted by molar-refractivity contribution is 5.98. The molecule has 0 unspecified atom stereocenters. The Morgan fingerprint density at radius 2 is 1.93 bits per heavy atom. The van der Waals surface area contributed by atoms with Gasteiger partial charge in [0.2, 0.25) is 0 Å². The zero-order chi connectivity index (χ0) is 20.8. The Kier molecular flexibility index (Phi) is 6.23. The smallest absolute Gasteiger partial charge is 0.325 e. The summed E-state index contributed by atoms with van der Waals surface area (Å²) >= 11 is 0. The van der Waals surface area contributed by atoms with E-state index >= 15 is 0 Å². The predicted molar refractivity (Wildman–Crippen MR) is 106 cm³/mol. The van der Waals surface area contributed by atoms with Crippen molar-refractivity contribution in [2.24, 2.45) is 0 Å². The zero-order valence-corrected chi connectivity index (χ0v) is 16.2. The van der Waals surface area contributed by atoms with Gasteiger partial charge in [-0.25, -0.2) is 4.98 Å². The summed E-state index contributed by atoms with van der Waals surface area (Å²) < 4.78 is 12.0. The van der Waals surface area contributed by atoms with Crippen molar-refractivity contribution in [1.82, 2.24) is 14.7 Å². The fourth-order valence-corrected chi connectivity index (χ4v) is 2.83. The van der Waals surface area contributed by atoms with Crippen LogP contribution in [0.15, 0.2) is 53.3 Å². The van der Waals surface area contributed by atoms with Gasteiger partial charge in [0.15, 0.2) is 0 Å². The number of amides is 1. The number of para-hydroxylation sites is 1. The minimum Gasteiger partial charge on any atom is -0.493 e. The van der Waals surface area contributed by atoms with Crippen molar-refractivity contribution in [2.45, 2.75) is 20.5 Å². The van der Waals surface area contributed by atoms with Crippen LogP contribution < -0.4 is 15.6 Å². The van der Waals surface area contributed by atoms with E-state index < -0.39 is 11.9 Å². The van der Waals surface area contributed by atoms with E-state index in [9.17, 15) is 14.4 Å². The molecular formula is C21H21N3O5. The fourth-order valence-electron chi connectivity index (χ4n) is 2.83. The molecule has 0 aliphatic carbocycles. The van der Waals surface area contributed by atoms with Crippen molar-refractivity contribution >= 4 is 17.5 Å². The summed E-state index contributed by atoms with van der Waals surface area (Å²) in [4.78, 5) is 40.8. The second kappa shape index (κ2) is 9.01. The number of aryl methyl sites for hydroxylation is 1. The average Bonchev–Trinajstić information content (AvgIpc) is 2.71. The van der Waals surface area contributed by atoms with Gasteiger partial charge in [0.05, 0.1) is 17.9 Å². The molecule has 8 nitrogen and oxygen atoms in total. The lowest BCUT2D eigenvalue weighted by Crippen LogP contribution is -2.31. The number of rotatable bonds is 7. The van der Waals surface area contributed by atoms with E-state index in [1.807, 2.05) is 19.9 Å². The van der Waals surface area contributed by atoms with Crippen molar-refractivity contribution in [3.8, 4) is 5.75 Å². The van der Waals surface area contributed by atoms with Crippen molar-refractivity contribution in [1.29, 1.82) is 0 Å². The highest BCUT2D eigenvalue weighted by Gasteiger charge is 2.14. The number of carbonyl (C=O) groups is 2. The lowest BCUT2D eigenvalue weighted by atomic mass is 10.2. The molecule has 0 fully saturated rings. The topological polar surface area (TPSA) is 99.0 Å². The van der Waals surface area contributed by atoms with Gasteiger partial charge in [0.25, 0.3) is 11.5 Å². The molecule has 0 radical (unpaired) electrons. The Balaban J connectivity index is 1.59. The number of fused-ring (bicyclic) bond motifs is 1. The predicted octanol–water partition coefficient (Wildman–Crippen LogP) is 1.87. The molecule has 3 rings (SSSR count). The maximum absolute atomic E-state index is 12.3. The van der Waals surface area contributed by atoms with Crippen LogP contribution >= 0.6 is 0 Å². The zero-order valence-electron chi connectivity index (χ0n) is 16.2. The summed E-state index contributed by atoms with van der Waals surface area (Å²) in [6.45, 7) is 3.57. The summed E-state index contributed by atoms with van der Waals surface area (Å²) in [5.41, 5.74) is 1.66. The van der Waals surface area contributed by atoms with Crippen molar-refractivity contribution in [3.05, 3.63) is 75.8 Å². The van der Waals surface area contributed by atoms with Crippen molar-refractivity contribution < 1.29 is 19.1 Å². The molecule has 1 N–H and O–H groups in total. The van der Waals surface area contributed by atoms with E-state index in [2.05, 4.69) is 10.3 Å². The van der Waals surface area contributed by atoms with Gasteiger partial charge in [-0.1, -0.05) is 18.2 Å². The molecule has 0 bridgehead atoms. The fraction of sp³-hybridized carbons (Fsp3) is 0.238. The van der Waals surface area contributed by atoms with E-state index in [0.29, 0.717) is 29.3 Å². The van der Waals surface area contributed by atoms with Gasteiger partial charge in [0.1, 0.15) is 24.5 Å². The molecule has 150 valence electrons. The highest BCUT2D eigenvalue weighted by Crippen LogP contribution is 2.17. The second-order valence-corrected chi connectivity index (χ2v) is 6.22. The molecule has 0 spiro atoms. The van der Waals surface area contributed by atoms with Crippen LogP contribution in [0, 0.1) is 6.92 Å². The summed E-state index contributed by atoms with van der Waals surface area (Å²) in [7, 11) is 0. The standard InChI is InChI=1S/C21H21N3O5/c1-3-28-17-9-5-4-8-16(17)21(27)22-12-20(26)29-13-15-11-19(25)24-14(2)7-6-10-18(24)23-15/h4-11H,3,12-13H2,1-2H3,(H,22,27). The third-order valence-corrected chi connectivity index (χ3v) is 4.14. The maximum Gasteiger partial charge on any atom is 0.325 e. The van der Waals surface area contributed by atoms with Crippen LogP contribution in [0.25, 0.3) is 5.65 Å². The number of benzene rings is 1. The van der Waals surface area contributed by atoms with Gasteiger partial charge < -0.3 is 14.8 Å². The number of hydrogen-bond donors (Lipinski definition) is 1. The van der Waals surface area contributed by atoms with E-state index in [-0.39, 0.29) is 18.7 Å². The number of esters is 1. The molecule has 0 saturated heterocycles. The first-order valence-electron chi connectivity index (χ1n) is 9.13. The van der Waals surface area contributed by atoms with Crippen molar-refractivity contribution in [3.63, 3.8) is 0 Å². The van der Waals surface area contributed by atoms with Gasteiger partial charge in [-0.2, -0.15) is 0 Å². The average molecular weight is 395 g/mol. The first-order valence-corrected chi connectivity index (χ1v) is 9.13. The Labute approximate surface area is 167 Å². The van der Waals surface area contributed by atoms with Gasteiger partial charge in [-0.15, -0.1) is 0 Å². The van der Waals surface area contributed by atoms with Gasteiger partial charge >= 0.3 is 5.97 Å². The van der Waals surface area contributed by atoms with Gasteiger partial charge in [0, 0.05) is 11.8 Å². The Hall–Kier alpha value is -3.68. The quantitative estimate of drug-likeness (QED) is 0.613. The number of pyridine rings is 1. The van der Waals surface area contributed by atoms with Gasteiger partial charge in [-0.3, -0.25) is 18.8 Å². The van der Waals surface area contributed by atoms with Crippen LogP contribution in [-0.4, -0.2) is 34.4 Å². The highest BCUT2D eigenvalue weighted by atomic mass is 16.5. The van der Waals surface area contributed by atoms with Crippen LogP contribution in [0.3, 0.4) is 0 Å². The summed E-state index contributed by atoms with van der Waals surface area (Å²) in [5.74, 6) is -0.640. The number of aromatic nitrogens is 2. The molecule has 3 aromatic rings. The lowest BCUT2D eigenvalue weighted by molar-refractivity contribution is -0.143. The maximum atomic E-state index is 12.3. The minimum atomic E-state index is -0.640. The summed E-state index contributed by atoms with van der Waals surface area (Å²) in [6.07, 6.45) is 0. The summed E-state index contributed by atoms with van der Waals surface area (Å²) in [6, 6.07) is 13.4. The largest absolute Gasteiger partial charge is 0.493 e. The third kappa shape index (κ3) is 4.78. The van der Waals surface area contributed by atoms with E-state index in [4.69, 9.17) is 9.47 Å². The van der Waals surface area contributed by atoms with Crippen LogP contribution in [-0.2, 0) is 16.1 Å². The Morgan fingerprint density at radius 3 is 2.72 bits per heavy atom. The first kappa shape index (κ1) is 20.1. The Bertz CT molecular complexity index is 1110. The molecule has 0 saturated carbocycles. The van der Waals surface area contributed by atoms with Crippen LogP contribution in [0.4, 0.5) is 0 Å². The molecule has 29 heavy (non-hydrogen) atoms. The molecule has 0 aliphatic rings. The molecular weight excluding hydrogens is 374 g/mol. The Morgan fingerprint density at radius 1 is 1.14 bits per heavy atom. The van der Waals surface area contributed by atoms with Crippen molar-refractivity contribution in [2.75, 3.05) is 13.2 Å². The normalized spacial score (nSPS) is 10.6. The van der Waals surface area contributed by atoms with Gasteiger partial charge in [-0.05, 0) is 38.1 Å². The third-order valence-electron chi connectivity index (χ3n) is 4.14. The monoisotopic (exact) mass is 395 g/mol. The molecule has 1 amide bonds. The number of nitrogens with one attached hydrogen (secondary N) is 1. The molecule has 0 aliphatic heterocycles. The first-order chi connectivity index (χ1) is 14.0. The summed E-state index contributed by atoms with van der Waals surface area (Å²) in [5, 5.41) is 2.50. The van der Waals surface area contributed by atoms with Crippen LogP contribution in [0.2, 0.25) is 0 Å². The van der Waals surface area contributed by atoms with Crippen LogP contribution in [0.5, 0.6) is 5.75 Å². The lowest BCUT2D eigenvalue weighted by Gasteiger charge is -2.10. The number of nitrogens with zero attached hydrogens (tertiary/aromatic N) is 2. The van der Waals surface area contributed by atoms with Crippen LogP contribution in [0.1, 0.15) is 28.7 Å².